The van der Waals surface area contributed by atoms with Gasteiger partial charge in [-0.15, -0.1) is 0 Å². The van der Waals surface area contributed by atoms with Crippen LogP contribution in [0.25, 0.3) is 0 Å². The number of pyridine rings is 1. The fourth-order valence-corrected chi connectivity index (χ4v) is 1.55. The Morgan fingerprint density at radius 3 is 2.83 bits per heavy atom. The van der Waals surface area contributed by atoms with Crippen LogP contribution in [0.15, 0.2) is 42.6 Å². The molecule has 1 amide bonds. The maximum atomic E-state index is 13.0. The highest BCUT2D eigenvalue weighted by Crippen LogP contribution is 2.15. The molecule has 0 saturated heterocycles. The first-order valence-corrected chi connectivity index (χ1v) is 5.40. The summed E-state index contributed by atoms with van der Waals surface area (Å²) in [6.07, 6.45) is 1.59. The topological polar surface area (TPSA) is 54.0 Å². The van der Waals surface area contributed by atoms with E-state index in [2.05, 4.69) is 15.6 Å². The second kappa shape index (κ2) is 5.27. The monoisotopic (exact) mass is 245 g/mol. The number of carbonyl (C=O) groups is 1. The lowest BCUT2D eigenvalue weighted by Crippen LogP contribution is -2.14. The van der Waals surface area contributed by atoms with Gasteiger partial charge in [-0.3, -0.25) is 4.79 Å². The van der Waals surface area contributed by atoms with E-state index in [4.69, 9.17) is 0 Å². The lowest BCUT2D eigenvalue weighted by molar-refractivity contribution is 0.102. The highest BCUT2D eigenvalue weighted by molar-refractivity contribution is 6.07. The molecular formula is C13H12FN3O. The Kier molecular flexibility index (Phi) is 3.52. The number of aromatic nitrogens is 1. The Hall–Kier alpha value is -2.43. The lowest BCUT2D eigenvalue weighted by Gasteiger charge is -2.08. The highest BCUT2D eigenvalue weighted by Gasteiger charge is 2.11. The molecule has 2 aromatic rings. The zero-order valence-corrected chi connectivity index (χ0v) is 9.77. The molecule has 0 aliphatic rings. The average Bonchev–Trinajstić information content (AvgIpc) is 2.38. The SMILES string of the molecule is CNc1ncccc1C(=O)Nc1cccc(F)c1. The highest BCUT2D eigenvalue weighted by atomic mass is 19.1. The molecule has 0 unspecified atom stereocenters. The molecule has 0 bridgehead atoms. The van der Waals surface area contributed by atoms with Crippen LogP contribution in [0.1, 0.15) is 10.4 Å². The van der Waals surface area contributed by atoms with Gasteiger partial charge in [-0.25, -0.2) is 9.37 Å². The molecule has 2 N–H and O–H groups in total. The molecule has 5 heteroatoms. The largest absolute Gasteiger partial charge is 0.372 e. The Bertz CT molecular complexity index is 572. The zero-order chi connectivity index (χ0) is 13.0. The summed E-state index contributed by atoms with van der Waals surface area (Å²) in [7, 11) is 1.68. The standard InChI is InChI=1S/C13H12FN3O/c1-15-12-11(6-3-7-16-12)13(18)17-10-5-2-4-9(14)8-10/h2-8H,1H3,(H,15,16)(H,17,18). The van der Waals surface area contributed by atoms with Gasteiger partial charge in [0.15, 0.2) is 0 Å². The van der Waals surface area contributed by atoms with Crippen LogP contribution in [0, 0.1) is 5.82 Å². The minimum atomic E-state index is -0.396. The zero-order valence-electron chi connectivity index (χ0n) is 9.77. The van der Waals surface area contributed by atoms with Gasteiger partial charge in [0.1, 0.15) is 11.6 Å². The summed E-state index contributed by atoms with van der Waals surface area (Å²) in [4.78, 5) is 16.0. The molecular weight excluding hydrogens is 233 g/mol. The molecule has 2 rings (SSSR count). The molecule has 0 saturated carbocycles. The van der Waals surface area contributed by atoms with Crippen molar-refractivity contribution in [2.24, 2.45) is 0 Å². The lowest BCUT2D eigenvalue weighted by atomic mass is 10.2. The molecule has 4 nitrogen and oxygen atoms in total. The van der Waals surface area contributed by atoms with Crippen LogP contribution in [0.3, 0.4) is 0 Å². The molecule has 1 heterocycles. The number of nitrogens with zero attached hydrogens (tertiary/aromatic N) is 1. The minimum absolute atomic E-state index is 0.335. The number of amides is 1. The van der Waals surface area contributed by atoms with Crippen LogP contribution in [-0.2, 0) is 0 Å². The second-order valence-corrected chi connectivity index (χ2v) is 3.61. The van der Waals surface area contributed by atoms with Crippen molar-refractivity contribution < 1.29 is 9.18 Å². The average molecular weight is 245 g/mol. The molecule has 0 spiro atoms. The van der Waals surface area contributed by atoms with Crippen LogP contribution in [0.4, 0.5) is 15.9 Å². The normalized spacial score (nSPS) is 9.89. The van der Waals surface area contributed by atoms with Crippen molar-refractivity contribution in [3.63, 3.8) is 0 Å². The number of anilines is 2. The third-order valence-electron chi connectivity index (χ3n) is 2.37. The van der Waals surface area contributed by atoms with Crippen LogP contribution >= 0.6 is 0 Å². The van der Waals surface area contributed by atoms with Crippen LogP contribution < -0.4 is 10.6 Å². The second-order valence-electron chi connectivity index (χ2n) is 3.61. The summed E-state index contributed by atoms with van der Waals surface area (Å²) in [6, 6.07) is 9.05. The van der Waals surface area contributed by atoms with E-state index in [1.54, 1.807) is 31.4 Å². The smallest absolute Gasteiger partial charge is 0.259 e. The van der Waals surface area contributed by atoms with E-state index in [0.29, 0.717) is 17.1 Å². The number of halogens is 1. The number of hydrogen-bond donors (Lipinski definition) is 2. The fraction of sp³-hybridized carbons (Fsp3) is 0.0769. The third-order valence-corrected chi connectivity index (χ3v) is 2.37. The Morgan fingerprint density at radius 2 is 2.11 bits per heavy atom. The Morgan fingerprint density at radius 1 is 1.28 bits per heavy atom. The van der Waals surface area contributed by atoms with Crippen LogP contribution in [0.2, 0.25) is 0 Å². The predicted octanol–water partition coefficient (Wildman–Crippen LogP) is 2.51. The summed E-state index contributed by atoms with van der Waals surface area (Å²) in [5, 5.41) is 5.44. The molecule has 1 aromatic heterocycles. The van der Waals surface area contributed by atoms with Gasteiger partial charge < -0.3 is 10.6 Å². The van der Waals surface area contributed by atoms with E-state index in [1.807, 2.05) is 0 Å². The Labute approximate surface area is 104 Å². The number of rotatable bonds is 3. The van der Waals surface area contributed by atoms with E-state index in [0.717, 1.165) is 0 Å². The number of hydrogen-bond acceptors (Lipinski definition) is 3. The third kappa shape index (κ3) is 2.63. The number of nitrogens with one attached hydrogen (secondary N) is 2. The van der Waals surface area contributed by atoms with Crippen LogP contribution in [0.5, 0.6) is 0 Å². The summed E-state index contributed by atoms with van der Waals surface area (Å²) in [5.74, 6) is -0.253. The van der Waals surface area contributed by atoms with Gasteiger partial charge in [0, 0.05) is 18.9 Å². The number of carbonyl (C=O) groups excluding carboxylic acids is 1. The molecule has 0 aliphatic carbocycles. The van der Waals surface area contributed by atoms with E-state index in [-0.39, 0.29) is 5.91 Å². The first kappa shape index (κ1) is 12.0. The van der Waals surface area contributed by atoms with Gasteiger partial charge in [0.05, 0.1) is 5.56 Å². The van der Waals surface area contributed by atoms with Crippen molar-refractivity contribution in [3.8, 4) is 0 Å². The van der Waals surface area contributed by atoms with E-state index >= 15 is 0 Å². The van der Waals surface area contributed by atoms with Crippen LogP contribution in [-0.4, -0.2) is 17.9 Å². The maximum Gasteiger partial charge on any atom is 0.259 e. The van der Waals surface area contributed by atoms with Crippen molar-refractivity contribution >= 4 is 17.4 Å². The summed E-state index contributed by atoms with van der Waals surface area (Å²) in [6.45, 7) is 0. The first-order chi connectivity index (χ1) is 8.70. The van der Waals surface area contributed by atoms with E-state index < -0.39 is 5.82 Å². The number of benzene rings is 1. The summed E-state index contributed by atoms with van der Waals surface area (Å²) >= 11 is 0. The Balaban J connectivity index is 2.22. The summed E-state index contributed by atoms with van der Waals surface area (Å²) < 4.78 is 13.0. The molecule has 0 fully saturated rings. The minimum Gasteiger partial charge on any atom is -0.372 e. The quantitative estimate of drug-likeness (QED) is 0.873. The molecule has 92 valence electrons. The summed E-state index contributed by atoms with van der Waals surface area (Å²) in [5.41, 5.74) is 0.815. The molecule has 0 radical (unpaired) electrons. The van der Waals surface area contributed by atoms with Gasteiger partial charge in [0.2, 0.25) is 0 Å². The van der Waals surface area contributed by atoms with Gasteiger partial charge in [-0.1, -0.05) is 6.07 Å². The van der Waals surface area contributed by atoms with Crippen molar-refractivity contribution in [2.45, 2.75) is 0 Å². The van der Waals surface area contributed by atoms with Gasteiger partial charge in [-0.2, -0.15) is 0 Å². The molecule has 18 heavy (non-hydrogen) atoms. The van der Waals surface area contributed by atoms with Gasteiger partial charge >= 0.3 is 0 Å². The molecule has 0 aliphatic heterocycles. The van der Waals surface area contributed by atoms with Crippen molar-refractivity contribution in [1.82, 2.24) is 4.98 Å². The van der Waals surface area contributed by atoms with Crippen molar-refractivity contribution in [2.75, 3.05) is 17.7 Å². The van der Waals surface area contributed by atoms with Gasteiger partial charge in [0.25, 0.3) is 5.91 Å². The predicted molar refractivity (Wildman–Crippen MR) is 68.1 cm³/mol. The molecule has 0 atom stereocenters. The maximum absolute atomic E-state index is 13.0. The van der Waals surface area contributed by atoms with Crippen molar-refractivity contribution in [1.29, 1.82) is 0 Å². The van der Waals surface area contributed by atoms with Crippen molar-refractivity contribution in [3.05, 3.63) is 54.0 Å². The van der Waals surface area contributed by atoms with E-state index in [9.17, 15) is 9.18 Å². The molecule has 1 aromatic carbocycles. The first-order valence-electron chi connectivity index (χ1n) is 5.40. The fourth-order valence-electron chi connectivity index (χ4n) is 1.55. The van der Waals surface area contributed by atoms with E-state index in [1.165, 1.54) is 18.2 Å². The van der Waals surface area contributed by atoms with Gasteiger partial charge in [-0.05, 0) is 30.3 Å².